The Hall–Kier alpha value is -0.940. The first-order chi connectivity index (χ1) is 6.78. The van der Waals surface area contributed by atoms with E-state index in [9.17, 15) is 5.11 Å². The van der Waals surface area contributed by atoms with Gasteiger partial charge in [0, 0.05) is 19.5 Å². The Balaban J connectivity index is 1.90. The molecule has 1 saturated heterocycles. The number of aliphatic hydroxyl groups excluding tert-OH is 1. The average molecular weight is 197 g/mol. The molecule has 1 aliphatic rings. The molecule has 1 aromatic heterocycles. The second-order valence-electron chi connectivity index (χ2n) is 3.64. The van der Waals surface area contributed by atoms with E-state index in [4.69, 9.17) is 4.52 Å². The number of hydrogen-bond acceptors (Lipinski definition) is 5. The molecule has 0 amide bonds. The van der Waals surface area contributed by atoms with Gasteiger partial charge in [0.05, 0.1) is 12.6 Å². The zero-order valence-corrected chi connectivity index (χ0v) is 8.31. The van der Waals surface area contributed by atoms with Crippen LogP contribution >= 0.6 is 0 Å². The van der Waals surface area contributed by atoms with Gasteiger partial charge in [0.15, 0.2) is 5.82 Å². The lowest BCUT2D eigenvalue weighted by molar-refractivity contribution is 0.169. The van der Waals surface area contributed by atoms with Gasteiger partial charge in [-0.2, -0.15) is 4.98 Å². The predicted octanol–water partition coefficient (Wildman–Crippen LogP) is 0.199. The van der Waals surface area contributed by atoms with E-state index >= 15 is 0 Å². The minimum absolute atomic E-state index is 0.191. The summed E-state index contributed by atoms with van der Waals surface area (Å²) in [7, 11) is 0. The van der Waals surface area contributed by atoms with Crippen LogP contribution in [0.15, 0.2) is 4.52 Å². The summed E-state index contributed by atoms with van der Waals surface area (Å²) < 4.78 is 5.07. The van der Waals surface area contributed by atoms with E-state index in [1.807, 2.05) is 6.92 Å². The van der Waals surface area contributed by atoms with Crippen LogP contribution in [0.3, 0.4) is 0 Å². The molecule has 78 valence electrons. The van der Waals surface area contributed by atoms with Gasteiger partial charge in [0.1, 0.15) is 0 Å². The second-order valence-corrected chi connectivity index (χ2v) is 3.64. The molecule has 5 nitrogen and oxygen atoms in total. The Labute approximate surface area is 82.7 Å². The number of aliphatic hydroxyl groups is 1. The van der Waals surface area contributed by atoms with Gasteiger partial charge in [-0.15, -0.1) is 0 Å². The number of likely N-dealkylation sites (tertiary alicyclic amines) is 1. The highest BCUT2D eigenvalue weighted by atomic mass is 16.5. The van der Waals surface area contributed by atoms with E-state index in [0.717, 1.165) is 25.2 Å². The van der Waals surface area contributed by atoms with E-state index in [1.165, 1.54) is 0 Å². The smallest absolute Gasteiger partial charge is 0.240 e. The molecular formula is C9H15N3O2. The maximum absolute atomic E-state index is 9.32. The van der Waals surface area contributed by atoms with E-state index in [-0.39, 0.29) is 6.10 Å². The molecule has 0 spiro atoms. The Morgan fingerprint density at radius 2 is 2.50 bits per heavy atom. The molecule has 14 heavy (non-hydrogen) atoms. The van der Waals surface area contributed by atoms with Gasteiger partial charge in [-0.25, -0.2) is 0 Å². The molecule has 0 radical (unpaired) electrons. The van der Waals surface area contributed by atoms with Gasteiger partial charge in [-0.1, -0.05) is 12.1 Å². The summed E-state index contributed by atoms with van der Waals surface area (Å²) in [5.41, 5.74) is 0. The van der Waals surface area contributed by atoms with Crippen LogP contribution < -0.4 is 0 Å². The fraction of sp³-hybridized carbons (Fsp3) is 0.778. The highest BCUT2D eigenvalue weighted by Gasteiger charge is 2.21. The van der Waals surface area contributed by atoms with Crippen LogP contribution in [0.4, 0.5) is 0 Å². The summed E-state index contributed by atoms with van der Waals surface area (Å²) in [6.07, 6.45) is 1.45. The van der Waals surface area contributed by atoms with Gasteiger partial charge in [-0.3, -0.25) is 4.90 Å². The van der Waals surface area contributed by atoms with Crippen LogP contribution in [0.2, 0.25) is 0 Å². The molecule has 0 aromatic carbocycles. The van der Waals surface area contributed by atoms with Gasteiger partial charge in [0.25, 0.3) is 0 Å². The van der Waals surface area contributed by atoms with E-state index < -0.39 is 0 Å². The second kappa shape index (κ2) is 4.06. The highest BCUT2D eigenvalue weighted by molar-refractivity contribution is 4.87. The van der Waals surface area contributed by atoms with Crippen molar-refractivity contribution in [1.29, 1.82) is 0 Å². The molecule has 1 aromatic rings. The van der Waals surface area contributed by atoms with Gasteiger partial charge in [-0.05, 0) is 6.42 Å². The minimum Gasteiger partial charge on any atom is -0.392 e. The molecule has 0 saturated carbocycles. The number of nitrogens with zero attached hydrogens (tertiary/aromatic N) is 3. The lowest BCUT2D eigenvalue weighted by Gasteiger charge is -2.10. The number of aromatic nitrogens is 2. The zero-order valence-electron chi connectivity index (χ0n) is 8.31. The molecule has 1 aliphatic heterocycles. The SMILES string of the molecule is CCc1noc(CN2CCC(O)C2)n1. The zero-order chi connectivity index (χ0) is 9.97. The normalized spacial score (nSPS) is 23.1. The van der Waals surface area contributed by atoms with Crippen molar-refractivity contribution in [2.45, 2.75) is 32.4 Å². The summed E-state index contributed by atoms with van der Waals surface area (Å²) in [6, 6.07) is 0. The van der Waals surface area contributed by atoms with Crippen LogP contribution in [-0.2, 0) is 13.0 Å². The lowest BCUT2D eigenvalue weighted by Crippen LogP contribution is -2.21. The highest BCUT2D eigenvalue weighted by Crippen LogP contribution is 2.12. The number of hydrogen-bond donors (Lipinski definition) is 1. The fourth-order valence-corrected chi connectivity index (χ4v) is 1.65. The Morgan fingerprint density at radius 3 is 3.07 bits per heavy atom. The molecule has 0 aliphatic carbocycles. The van der Waals surface area contributed by atoms with E-state index in [0.29, 0.717) is 19.0 Å². The quantitative estimate of drug-likeness (QED) is 0.750. The van der Waals surface area contributed by atoms with Crippen LogP contribution in [0, 0.1) is 0 Å². The summed E-state index contributed by atoms with van der Waals surface area (Å²) in [5, 5.41) is 13.1. The molecule has 1 unspecified atom stereocenters. The summed E-state index contributed by atoms with van der Waals surface area (Å²) in [6.45, 7) is 4.27. The molecule has 2 heterocycles. The van der Waals surface area contributed by atoms with Crippen molar-refractivity contribution in [3.05, 3.63) is 11.7 Å². The third-order valence-electron chi connectivity index (χ3n) is 2.43. The Kier molecular flexibility index (Phi) is 2.79. The van der Waals surface area contributed by atoms with Crippen molar-refractivity contribution in [2.24, 2.45) is 0 Å². The molecule has 0 bridgehead atoms. The molecule has 5 heteroatoms. The predicted molar refractivity (Wildman–Crippen MR) is 49.6 cm³/mol. The Morgan fingerprint density at radius 1 is 1.64 bits per heavy atom. The number of rotatable bonds is 3. The number of β-amino-alcohol motifs (C(OH)–C–C–N with tert-alkyl or cyclic N) is 1. The van der Waals surface area contributed by atoms with Crippen molar-refractivity contribution in [1.82, 2.24) is 15.0 Å². The summed E-state index contributed by atoms with van der Waals surface area (Å²) in [5.74, 6) is 1.40. The van der Waals surface area contributed by atoms with Crippen molar-refractivity contribution in [2.75, 3.05) is 13.1 Å². The summed E-state index contributed by atoms with van der Waals surface area (Å²) in [4.78, 5) is 6.34. The largest absolute Gasteiger partial charge is 0.392 e. The molecule has 1 atom stereocenters. The third-order valence-corrected chi connectivity index (χ3v) is 2.43. The topological polar surface area (TPSA) is 62.4 Å². The lowest BCUT2D eigenvalue weighted by atomic mass is 10.3. The first-order valence-electron chi connectivity index (χ1n) is 5.00. The summed E-state index contributed by atoms with van der Waals surface area (Å²) >= 11 is 0. The molecule has 1 fully saturated rings. The first-order valence-corrected chi connectivity index (χ1v) is 5.00. The molecular weight excluding hydrogens is 182 g/mol. The van der Waals surface area contributed by atoms with Gasteiger partial charge >= 0.3 is 0 Å². The van der Waals surface area contributed by atoms with Crippen molar-refractivity contribution in [3.8, 4) is 0 Å². The number of aryl methyl sites for hydroxylation is 1. The standard InChI is InChI=1S/C9H15N3O2/c1-2-8-10-9(14-11-8)6-12-4-3-7(13)5-12/h7,13H,2-6H2,1H3. The van der Waals surface area contributed by atoms with Gasteiger partial charge < -0.3 is 9.63 Å². The van der Waals surface area contributed by atoms with Crippen LogP contribution in [0.1, 0.15) is 25.1 Å². The molecule has 1 N–H and O–H groups in total. The average Bonchev–Trinajstić information content (AvgIpc) is 2.76. The van der Waals surface area contributed by atoms with Gasteiger partial charge in [0.2, 0.25) is 5.89 Å². The van der Waals surface area contributed by atoms with E-state index in [1.54, 1.807) is 0 Å². The van der Waals surface area contributed by atoms with Crippen molar-refractivity contribution in [3.63, 3.8) is 0 Å². The van der Waals surface area contributed by atoms with Crippen molar-refractivity contribution >= 4 is 0 Å². The Bertz CT molecular complexity index is 300. The monoisotopic (exact) mass is 197 g/mol. The maximum Gasteiger partial charge on any atom is 0.240 e. The fourth-order valence-electron chi connectivity index (χ4n) is 1.65. The van der Waals surface area contributed by atoms with E-state index in [2.05, 4.69) is 15.0 Å². The third kappa shape index (κ3) is 2.10. The van der Waals surface area contributed by atoms with Crippen LogP contribution in [0.5, 0.6) is 0 Å². The first kappa shape index (κ1) is 9.61. The van der Waals surface area contributed by atoms with Crippen LogP contribution in [-0.4, -0.2) is 39.3 Å². The minimum atomic E-state index is -0.191. The maximum atomic E-state index is 9.32. The molecule has 2 rings (SSSR count). The van der Waals surface area contributed by atoms with Crippen LogP contribution in [0.25, 0.3) is 0 Å². The van der Waals surface area contributed by atoms with Crippen molar-refractivity contribution < 1.29 is 9.63 Å².